The fourth-order valence-electron chi connectivity index (χ4n) is 5.19. The molecule has 0 saturated carbocycles. The molecule has 0 aromatic heterocycles. The molecule has 9 atom stereocenters. The van der Waals surface area contributed by atoms with E-state index in [1.54, 1.807) is 27.7 Å². The lowest BCUT2D eigenvalue weighted by molar-refractivity contribution is -0.142. The summed E-state index contributed by atoms with van der Waals surface area (Å²) in [4.78, 5) is 102. The Hall–Kier alpha value is -5.06. The van der Waals surface area contributed by atoms with Crippen LogP contribution in [0.1, 0.15) is 74.1 Å². The van der Waals surface area contributed by atoms with Crippen LogP contribution in [0.2, 0.25) is 0 Å². The van der Waals surface area contributed by atoms with E-state index in [1.807, 2.05) is 19.2 Å². The number of carbonyl (C=O) groups excluding carboxylic acids is 7. The number of carboxylic acids is 1. The van der Waals surface area contributed by atoms with Crippen molar-refractivity contribution in [2.75, 3.05) is 26.2 Å². The number of nitrogens with one attached hydrogen (secondary N) is 8. The number of carbonyl (C=O) groups is 8. The van der Waals surface area contributed by atoms with Gasteiger partial charge in [0, 0.05) is 6.54 Å². The van der Waals surface area contributed by atoms with Crippen LogP contribution < -0.4 is 54.0 Å². The number of hydrogen-bond acceptors (Lipinski definition) is 14. The van der Waals surface area contributed by atoms with Gasteiger partial charge in [-0.05, 0) is 43.9 Å². The zero-order chi connectivity index (χ0) is 44.9. The second-order valence-electron chi connectivity index (χ2n) is 14.8. The monoisotopic (exact) mass is 830 g/mol. The first-order valence-corrected chi connectivity index (χ1v) is 19.2. The van der Waals surface area contributed by atoms with E-state index in [9.17, 15) is 48.6 Å². The molecule has 0 saturated heterocycles. The summed E-state index contributed by atoms with van der Waals surface area (Å²) in [6, 6.07) is -8.25. The van der Waals surface area contributed by atoms with Crippen molar-refractivity contribution in [3.05, 3.63) is 12.4 Å². The topological polar surface area (TPSA) is 366 Å². The Morgan fingerprint density at radius 1 is 0.672 bits per heavy atom. The molecule has 332 valence electrons. The van der Waals surface area contributed by atoms with Crippen molar-refractivity contribution in [1.82, 2.24) is 42.5 Å². The summed E-state index contributed by atoms with van der Waals surface area (Å²) in [7, 11) is 0. The maximum absolute atomic E-state index is 13.9. The first-order valence-electron chi connectivity index (χ1n) is 19.2. The first kappa shape index (κ1) is 52.9. The fourth-order valence-corrected chi connectivity index (χ4v) is 5.19. The number of rotatable bonds is 28. The average molecular weight is 831 g/mol. The molecular weight excluding hydrogens is 764 g/mol. The van der Waals surface area contributed by atoms with Gasteiger partial charge >= 0.3 is 5.97 Å². The number of amides is 7. The van der Waals surface area contributed by atoms with E-state index >= 15 is 0 Å². The van der Waals surface area contributed by atoms with E-state index in [0.717, 1.165) is 0 Å². The van der Waals surface area contributed by atoms with Crippen LogP contribution in [0, 0.1) is 17.8 Å². The van der Waals surface area contributed by atoms with Gasteiger partial charge in [-0.1, -0.05) is 54.5 Å². The van der Waals surface area contributed by atoms with Crippen molar-refractivity contribution in [3.8, 4) is 0 Å². The molecule has 58 heavy (non-hydrogen) atoms. The largest absolute Gasteiger partial charge is 0.480 e. The Morgan fingerprint density at radius 2 is 1.22 bits per heavy atom. The lowest BCUT2D eigenvalue weighted by atomic mass is 9.96. The SMILES string of the molecule is C=C(N)NCCC[C@@H](NC(=O)[C@H](CC(C)C)NC(=O)[C@@H](N)[C@H](O)C(C)C)C(=O)N[C@H](C(=O)N[C@H](C(=O)NCC(=O)NCC(=O)N[C@@H](CO)C(=O)O)[C@H](C)O)[C@@H](C)CC. The lowest BCUT2D eigenvalue weighted by Crippen LogP contribution is -2.61. The fraction of sp³-hybridized carbons (Fsp3) is 0.722. The zero-order valence-corrected chi connectivity index (χ0v) is 34.4. The Kier molecular flexibility index (Phi) is 24.4. The Morgan fingerprint density at radius 3 is 1.72 bits per heavy atom. The van der Waals surface area contributed by atoms with Gasteiger partial charge in [0.05, 0.1) is 37.7 Å². The van der Waals surface area contributed by atoms with Crippen molar-refractivity contribution in [1.29, 1.82) is 0 Å². The number of aliphatic hydroxyl groups excluding tert-OH is 3. The normalized spacial score (nSPS) is 15.8. The molecule has 0 unspecified atom stereocenters. The smallest absolute Gasteiger partial charge is 0.328 e. The standard InChI is InChI=1S/C36H66N10O12/c1-9-19(6)28(35(56)46-29(20(7)48)34(55)41-14-25(49)40-15-26(50)42-24(16-47)36(57)58)45-31(52)22(11-10-12-39-21(8)37)43-32(53)23(13-17(2)3)44-33(54)27(38)30(51)18(4)5/h17-20,22-24,27-30,39,47-48,51H,8-16,37-38H2,1-7H3,(H,40,49)(H,41,55)(H,42,50)(H,43,53)(H,44,54)(H,45,52)(H,46,56)(H,57,58)/t19-,20-,22+,23-,24-,27-,28-,29-,30+/m0/s1. The number of aliphatic carboxylic acids is 1. The molecule has 0 spiro atoms. The summed E-state index contributed by atoms with van der Waals surface area (Å²) in [5.74, 6) is -8.29. The van der Waals surface area contributed by atoms with Crippen LogP contribution >= 0.6 is 0 Å². The van der Waals surface area contributed by atoms with Gasteiger partial charge in [0.2, 0.25) is 41.4 Å². The molecule has 0 aromatic rings. The molecular formula is C36H66N10O12. The summed E-state index contributed by atoms with van der Waals surface area (Å²) in [5.41, 5.74) is 11.5. The molecule has 0 heterocycles. The number of nitrogens with two attached hydrogens (primary N) is 2. The summed E-state index contributed by atoms with van der Waals surface area (Å²) in [5, 5.41) is 58.1. The second-order valence-corrected chi connectivity index (χ2v) is 14.8. The third kappa shape index (κ3) is 19.9. The summed E-state index contributed by atoms with van der Waals surface area (Å²) < 4.78 is 0. The van der Waals surface area contributed by atoms with Crippen LogP contribution in [0.3, 0.4) is 0 Å². The molecule has 22 nitrogen and oxygen atoms in total. The highest BCUT2D eigenvalue weighted by atomic mass is 16.4. The van der Waals surface area contributed by atoms with Crippen LogP contribution in [-0.2, 0) is 38.4 Å². The van der Waals surface area contributed by atoms with Crippen LogP contribution in [0.15, 0.2) is 12.4 Å². The van der Waals surface area contributed by atoms with Crippen molar-refractivity contribution >= 4 is 47.3 Å². The van der Waals surface area contributed by atoms with Gasteiger partial charge in [-0.15, -0.1) is 0 Å². The molecule has 0 bridgehead atoms. The van der Waals surface area contributed by atoms with Crippen LogP contribution in [-0.4, -0.2) is 142 Å². The molecule has 0 radical (unpaired) electrons. The number of carboxylic acid groups (broad SMARTS) is 1. The summed E-state index contributed by atoms with van der Waals surface area (Å²) in [6.07, 6.45) is -1.86. The van der Waals surface area contributed by atoms with Crippen LogP contribution in [0.4, 0.5) is 0 Å². The van der Waals surface area contributed by atoms with E-state index in [1.165, 1.54) is 6.92 Å². The first-order chi connectivity index (χ1) is 27.0. The van der Waals surface area contributed by atoms with E-state index in [-0.39, 0.29) is 43.5 Å². The molecule has 0 aromatic carbocycles. The lowest BCUT2D eigenvalue weighted by Gasteiger charge is -2.30. The van der Waals surface area contributed by atoms with E-state index in [4.69, 9.17) is 21.7 Å². The molecule has 0 rings (SSSR count). The Labute approximate surface area is 338 Å². The molecule has 7 amide bonds. The third-order valence-corrected chi connectivity index (χ3v) is 8.89. The highest BCUT2D eigenvalue weighted by Crippen LogP contribution is 2.12. The highest BCUT2D eigenvalue weighted by molar-refractivity contribution is 5.97. The molecule has 0 aliphatic rings. The van der Waals surface area contributed by atoms with Crippen LogP contribution in [0.5, 0.6) is 0 Å². The van der Waals surface area contributed by atoms with E-state index < -0.39 is 121 Å². The van der Waals surface area contributed by atoms with Gasteiger partial charge in [-0.3, -0.25) is 33.6 Å². The minimum Gasteiger partial charge on any atom is -0.480 e. The molecule has 22 heteroatoms. The molecule has 16 N–H and O–H groups in total. The minimum absolute atomic E-state index is 0.0324. The maximum Gasteiger partial charge on any atom is 0.328 e. The third-order valence-electron chi connectivity index (χ3n) is 8.89. The quantitative estimate of drug-likeness (QED) is 0.0330. The number of hydrogen-bond donors (Lipinski definition) is 14. The zero-order valence-electron chi connectivity index (χ0n) is 34.4. The molecule has 0 aliphatic carbocycles. The van der Waals surface area contributed by atoms with Crippen molar-refractivity contribution in [2.24, 2.45) is 29.2 Å². The second kappa shape index (κ2) is 26.8. The average Bonchev–Trinajstić information content (AvgIpc) is 3.15. The predicted molar refractivity (Wildman–Crippen MR) is 210 cm³/mol. The minimum atomic E-state index is -1.63. The predicted octanol–water partition coefficient (Wildman–Crippen LogP) is -4.66. The summed E-state index contributed by atoms with van der Waals surface area (Å²) in [6.45, 7) is 13.1. The maximum atomic E-state index is 13.9. The Bertz CT molecular complexity index is 1410. The number of aliphatic hydroxyl groups is 3. The van der Waals surface area contributed by atoms with Gasteiger partial charge in [0.15, 0.2) is 0 Å². The van der Waals surface area contributed by atoms with Gasteiger partial charge in [-0.2, -0.15) is 0 Å². The van der Waals surface area contributed by atoms with Gasteiger partial charge < -0.3 is 74.4 Å². The Balaban J connectivity index is 6.05. The molecule has 0 fully saturated rings. The van der Waals surface area contributed by atoms with Gasteiger partial charge in [0.25, 0.3) is 0 Å². The van der Waals surface area contributed by atoms with Crippen molar-refractivity contribution in [3.63, 3.8) is 0 Å². The van der Waals surface area contributed by atoms with E-state index in [0.29, 0.717) is 6.42 Å². The highest BCUT2D eigenvalue weighted by Gasteiger charge is 2.35. The molecule has 0 aliphatic heterocycles. The van der Waals surface area contributed by atoms with Crippen LogP contribution in [0.25, 0.3) is 0 Å². The van der Waals surface area contributed by atoms with Crippen molar-refractivity contribution in [2.45, 2.75) is 123 Å². The van der Waals surface area contributed by atoms with E-state index in [2.05, 4.69) is 43.8 Å². The summed E-state index contributed by atoms with van der Waals surface area (Å²) >= 11 is 0. The van der Waals surface area contributed by atoms with Gasteiger partial charge in [0.1, 0.15) is 36.3 Å². The van der Waals surface area contributed by atoms with Crippen molar-refractivity contribution < 1.29 is 58.8 Å². The van der Waals surface area contributed by atoms with Gasteiger partial charge in [-0.25, -0.2) is 4.79 Å².